The second kappa shape index (κ2) is 6.01. The molecule has 0 aliphatic rings. The summed E-state index contributed by atoms with van der Waals surface area (Å²) in [4.78, 5) is 11.5. The van der Waals surface area contributed by atoms with E-state index in [2.05, 4.69) is 27.5 Å². The second-order valence-electron chi connectivity index (χ2n) is 4.86. The van der Waals surface area contributed by atoms with Crippen LogP contribution in [0.3, 0.4) is 0 Å². The second-order valence-corrected chi connectivity index (χ2v) is 5.64. The van der Waals surface area contributed by atoms with Crippen LogP contribution in [0.25, 0.3) is 0 Å². The molecule has 0 saturated heterocycles. The summed E-state index contributed by atoms with van der Waals surface area (Å²) >= 11 is 1.69. The molecule has 2 N–H and O–H groups in total. The number of carbonyl (C=O) groups is 1. The third-order valence-electron chi connectivity index (χ3n) is 1.95. The van der Waals surface area contributed by atoms with Gasteiger partial charge in [0.05, 0.1) is 0 Å². The third-order valence-corrected chi connectivity index (χ3v) is 2.68. The van der Waals surface area contributed by atoms with E-state index in [1.165, 1.54) is 5.56 Å². The summed E-state index contributed by atoms with van der Waals surface area (Å²) in [6.45, 7) is 7.53. The Hall–Kier alpha value is -0.870. The Morgan fingerprint density at radius 3 is 2.75 bits per heavy atom. The average molecular weight is 240 g/mol. The molecule has 0 radical (unpaired) electrons. The standard InChI is InChI=1S/C12H20N2OS/c1-12(2,3)14-11(15)4-6-13-8-10-5-7-16-9-10/h5,7,9,13H,4,6,8H2,1-3H3,(H,14,15). The van der Waals surface area contributed by atoms with E-state index >= 15 is 0 Å². The van der Waals surface area contributed by atoms with E-state index in [1.807, 2.05) is 20.8 Å². The summed E-state index contributed by atoms with van der Waals surface area (Å²) in [6, 6.07) is 2.09. The van der Waals surface area contributed by atoms with Crippen LogP contribution in [0, 0.1) is 0 Å². The summed E-state index contributed by atoms with van der Waals surface area (Å²) in [5.74, 6) is 0.102. The molecule has 3 nitrogen and oxygen atoms in total. The van der Waals surface area contributed by atoms with Crippen molar-refractivity contribution in [1.82, 2.24) is 10.6 Å². The number of rotatable bonds is 5. The Balaban J connectivity index is 2.09. The van der Waals surface area contributed by atoms with Crippen molar-refractivity contribution in [3.05, 3.63) is 22.4 Å². The Bertz CT molecular complexity index is 314. The zero-order valence-corrected chi connectivity index (χ0v) is 11.0. The summed E-state index contributed by atoms with van der Waals surface area (Å²) in [6.07, 6.45) is 0.529. The lowest BCUT2D eigenvalue weighted by molar-refractivity contribution is -0.122. The van der Waals surface area contributed by atoms with Crippen molar-refractivity contribution in [2.24, 2.45) is 0 Å². The topological polar surface area (TPSA) is 41.1 Å². The number of nitrogens with one attached hydrogen (secondary N) is 2. The Kier molecular flexibility index (Phi) is 4.96. The Morgan fingerprint density at radius 1 is 1.44 bits per heavy atom. The molecule has 1 heterocycles. The number of carbonyl (C=O) groups excluding carboxylic acids is 1. The molecule has 1 rings (SSSR count). The molecule has 0 aliphatic heterocycles. The molecule has 0 unspecified atom stereocenters. The van der Waals surface area contributed by atoms with E-state index in [9.17, 15) is 4.79 Å². The normalized spacial score (nSPS) is 11.4. The molecular weight excluding hydrogens is 220 g/mol. The number of hydrogen-bond donors (Lipinski definition) is 2. The molecule has 0 aliphatic carbocycles. The summed E-state index contributed by atoms with van der Waals surface area (Å²) in [5.41, 5.74) is 1.14. The van der Waals surface area contributed by atoms with Gasteiger partial charge in [0.2, 0.25) is 5.91 Å². The molecule has 16 heavy (non-hydrogen) atoms. The van der Waals surface area contributed by atoms with Crippen molar-refractivity contribution < 1.29 is 4.79 Å². The highest BCUT2D eigenvalue weighted by Gasteiger charge is 2.12. The van der Waals surface area contributed by atoms with Crippen LogP contribution in [0.4, 0.5) is 0 Å². The van der Waals surface area contributed by atoms with Crippen LogP contribution in [0.5, 0.6) is 0 Å². The minimum atomic E-state index is -0.134. The van der Waals surface area contributed by atoms with E-state index in [-0.39, 0.29) is 11.4 Å². The molecule has 4 heteroatoms. The maximum Gasteiger partial charge on any atom is 0.221 e. The molecule has 90 valence electrons. The van der Waals surface area contributed by atoms with E-state index in [0.29, 0.717) is 6.42 Å². The third kappa shape index (κ3) is 5.88. The van der Waals surface area contributed by atoms with Crippen LogP contribution in [0.1, 0.15) is 32.8 Å². The molecule has 1 amide bonds. The largest absolute Gasteiger partial charge is 0.351 e. The van der Waals surface area contributed by atoms with Gasteiger partial charge in [0.25, 0.3) is 0 Å². The molecule has 0 atom stereocenters. The molecule has 1 aromatic heterocycles. The number of amides is 1. The van der Waals surface area contributed by atoms with E-state index < -0.39 is 0 Å². The Morgan fingerprint density at radius 2 is 2.19 bits per heavy atom. The van der Waals surface area contributed by atoms with Crippen molar-refractivity contribution in [3.8, 4) is 0 Å². The van der Waals surface area contributed by atoms with Gasteiger partial charge in [0.1, 0.15) is 0 Å². The fourth-order valence-corrected chi connectivity index (χ4v) is 1.98. The van der Waals surface area contributed by atoms with Crippen molar-refractivity contribution >= 4 is 17.2 Å². The highest BCUT2D eigenvalue weighted by atomic mass is 32.1. The zero-order valence-electron chi connectivity index (χ0n) is 10.2. The van der Waals surface area contributed by atoms with Crippen LogP contribution in [0.15, 0.2) is 16.8 Å². The first-order valence-electron chi connectivity index (χ1n) is 5.50. The fourth-order valence-electron chi connectivity index (χ4n) is 1.31. The molecule has 0 saturated carbocycles. The lowest BCUT2D eigenvalue weighted by Gasteiger charge is -2.20. The van der Waals surface area contributed by atoms with E-state index in [0.717, 1.165) is 13.1 Å². The first-order valence-corrected chi connectivity index (χ1v) is 6.44. The first kappa shape index (κ1) is 13.2. The quantitative estimate of drug-likeness (QED) is 0.774. The van der Waals surface area contributed by atoms with Gasteiger partial charge < -0.3 is 10.6 Å². The highest BCUT2D eigenvalue weighted by Crippen LogP contribution is 2.04. The SMILES string of the molecule is CC(C)(C)NC(=O)CCNCc1ccsc1. The van der Waals surface area contributed by atoms with Crippen molar-refractivity contribution in [3.63, 3.8) is 0 Å². The minimum absolute atomic E-state index is 0.102. The molecule has 0 fully saturated rings. The molecule has 1 aromatic rings. The lowest BCUT2D eigenvalue weighted by atomic mass is 10.1. The smallest absolute Gasteiger partial charge is 0.221 e. The average Bonchev–Trinajstić information content (AvgIpc) is 2.62. The molecule has 0 bridgehead atoms. The predicted octanol–water partition coefficient (Wildman–Crippen LogP) is 2.14. The van der Waals surface area contributed by atoms with Gasteiger partial charge in [-0.2, -0.15) is 11.3 Å². The van der Waals surface area contributed by atoms with Gasteiger partial charge in [-0.3, -0.25) is 4.79 Å². The van der Waals surface area contributed by atoms with Crippen LogP contribution >= 0.6 is 11.3 Å². The minimum Gasteiger partial charge on any atom is -0.351 e. The predicted molar refractivity (Wildman–Crippen MR) is 68.5 cm³/mol. The highest BCUT2D eigenvalue weighted by molar-refractivity contribution is 7.07. The first-order chi connectivity index (χ1) is 7.47. The van der Waals surface area contributed by atoms with Gasteiger partial charge in [-0.1, -0.05) is 0 Å². The summed E-state index contributed by atoms with van der Waals surface area (Å²) in [7, 11) is 0. The van der Waals surface area contributed by atoms with Crippen LogP contribution in [0.2, 0.25) is 0 Å². The fraction of sp³-hybridized carbons (Fsp3) is 0.583. The summed E-state index contributed by atoms with van der Waals surface area (Å²) < 4.78 is 0. The summed E-state index contributed by atoms with van der Waals surface area (Å²) in [5, 5.41) is 10.4. The molecule has 0 aromatic carbocycles. The van der Waals surface area contributed by atoms with Gasteiger partial charge in [-0.05, 0) is 43.2 Å². The van der Waals surface area contributed by atoms with Crippen LogP contribution < -0.4 is 10.6 Å². The maximum absolute atomic E-state index is 11.5. The van der Waals surface area contributed by atoms with Crippen molar-refractivity contribution in [1.29, 1.82) is 0 Å². The molecular formula is C12H20N2OS. The van der Waals surface area contributed by atoms with Crippen molar-refractivity contribution in [2.75, 3.05) is 6.54 Å². The van der Waals surface area contributed by atoms with Crippen LogP contribution in [-0.2, 0) is 11.3 Å². The Labute approximate surface area is 101 Å². The van der Waals surface area contributed by atoms with Gasteiger partial charge in [-0.15, -0.1) is 0 Å². The van der Waals surface area contributed by atoms with Gasteiger partial charge in [0, 0.05) is 25.0 Å². The lowest BCUT2D eigenvalue weighted by Crippen LogP contribution is -2.41. The number of hydrogen-bond acceptors (Lipinski definition) is 3. The van der Waals surface area contributed by atoms with Crippen molar-refractivity contribution in [2.45, 2.75) is 39.3 Å². The van der Waals surface area contributed by atoms with Gasteiger partial charge in [-0.25, -0.2) is 0 Å². The van der Waals surface area contributed by atoms with Crippen LogP contribution in [-0.4, -0.2) is 18.0 Å². The van der Waals surface area contributed by atoms with E-state index in [1.54, 1.807) is 11.3 Å². The van der Waals surface area contributed by atoms with Gasteiger partial charge in [0.15, 0.2) is 0 Å². The van der Waals surface area contributed by atoms with Gasteiger partial charge >= 0.3 is 0 Å². The zero-order chi connectivity index (χ0) is 12.0. The van der Waals surface area contributed by atoms with E-state index in [4.69, 9.17) is 0 Å². The number of thiophene rings is 1. The molecule has 0 spiro atoms. The monoisotopic (exact) mass is 240 g/mol. The maximum atomic E-state index is 11.5.